The lowest BCUT2D eigenvalue weighted by molar-refractivity contribution is -0.156. The van der Waals surface area contributed by atoms with Gasteiger partial charge < -0.3 is 9.84 Å². The summed E-state index contributed by atoms with van der Waals surface area (Å²) in [6, 6.07) is 11.8. The summed E-state index contributed by atoms with van der Waals surface area (Å²) in [5.74, 6) is 1.23. The van der Waals surface area contributed by atoms with Crippen LogP contribution in [0, 0.1) is 28.5 Å². The Hall–Kier alpha value is -2.73. The first-order valence-electron chi connectivity index (χ1n) is 16.3. The van der Waals surface area contributed by atoms with Gasteiger partial charge in [-0.1, -0.05) is 38.5 Å². The fourth-order valence-electron chi connectivity index (χ4n) is 8.00. The average molecular weight is 575 g/mol. The summed E-state index contributed by atoms with van der Waals surface area (Å²) in [5, 5.41) is 9.88. The number of aliphatic imine (C=N–C) groups is 1. The highest BCUT2D eigenvalue weighted by atomic mass is 19.1. The SMILES string of the molecule is CCOc1cc(CN2CCC(C34CCC(C(=O)O)(CC3)CC4)=NC3CC3C2)cc(CC(C)CC)c1-c1ccc(F)cc1. The van der Waals surface area contributed by atoms with Crippen LogP contribution in [0.5, 0.6) is 5.75 Å². The second kappa shape index (κ2) is 11.7. The number of nitrogens with zero attached hydrogens (tertiary/aromatic N) is 2. The molecule has 0 radical (unpaired) electrons. The van der Waals surface area contributed by atoms with Gasteiger partial charge >= 0.3 is 5.97 Å². The molecule has 3 atom stereocenters. The maximum atomic E-state index is 13.8. The van der Waals surface area contributed by atoms with Crippen molar-refractivity contribution >= 4 is 11.7 Å². The van der Waals surface area contributed by atoms with Crippen LogP contribution in [-0.4, -0.2) is 47.4 Å². The monoisotopic (exact) mass is 574 g/mol. The molecule has 4 saturated carbocycles. The summed E-state index contributed by atoms with van der Waals surface area (Å²) in [5.41, 5.74) is 5.68. The number of ether oxygens (including phenoxy) is 1. The van der Waals surface area contributed by atoms with Crippen LogP contribution >= 0.6 is 0 Å². The van der Waals surface area contributed by atoms with E-state index in [0.717, 1.165) is 94.3 Å². The lowest BCUT2D eigenvalue weighted by atomic mass is 9.52. The molecule has 2 aromatic rings. The maximum Gasteiger partial charge on any atom is 0.309 e. The van der Waals surface area contributed by atoms with Gasteiger partial charge in [0.15, 0.2) is 0 Å². The summed E-state index contributed by atoms with van der Waals surface area (Å²) in [6.45, 7) is 10.1. The molecule has 1 N–H and O–H groups in total. The van der Waals surface area contributed by atoms with E-state index in [0.29, 0.717) is 24.5 Å². The van der Waals surface area contributed by atoms with Crippen LogP contribution in [0.15, 0.2) is 41.4 Å². The van der Waals surface area contributed by atoms with E-state index in [-0.39, 0.29) is 11.2 Å². The van der Waals surface area contributed by atoms with Gasteiger partial charge in [0.1, 0.15) is 11.6 Å². The van der Waals surface area contributed by atoms with Gasteiger partial charge in [-0.3, -0.25) is 14.7 Å². The molecule has 2 aromatic carbocycles. The van der Waals surface area contributed by atoms with Crippen LogP contribution in [0.4, 0.5) is 4.39 Å². The number of hydrogen-bond donors (Lipinski definition) is 1. The van der Waals surface area contributed by atoms with Crippen molar-refractivity contribution in [2.45, 2.75) is 97.6 Å². The number of benzene rings is 2. The second-order valence-corrected chi connectivity index (χ2v) is 13.8. The predicted octanol–water partition coefficient (Wildman–Crippen LogP) is 7.94. The molecule has 1 aliphatic heterocycles. The van der Waals surface area contributed by atoms with Gasteiger partial charge in [0.25, 0.3) is 0 Å². The topological polar surface area (TPSA) is 62.1 Å². The van der Waals surface area contributed by atoms with Crippen LogP contribution in [0.2, 0.25) is 0 Å². The van der Waals surface area contributed by atoms with E-state index in [9.17, 15) is 14.3 Å². The smallest absolute Gasteiger partial charge is 0.309 e. The van der Waals surface area contributed by atoms with Crippen molar-refractivity contribution in [2.24, 2.45) is 27.7 Å². The third kappa shape index (κ3) is 5.76. The fraction of sp³-hybridized carbons (Fsp3) is 0.611. The van der Waals surface area contributed by atoms with Crippen molar-refractivity contribution in [3.8, 4) is 16.9 Å². The Bertz CT molecular complexity index is 1310. The first kappa shape index (κ1) is 29.3. The number of fused-ring (bicyclic) bond motifs is 4. The zero-order valence-electron chi connectivity index (χ0n) is 25.6. The Morgan fingerprint density at radius 1 is 1.12 bits per heavy atom. The Morgan fingerprint density at radius 3 is 2.48 bits per heavy atom. The van der Waals surface area contributed by atoms with Crippen LogP contribution in [0.3, 0.4) is 0 Å². The molecule has 3 unspecified atom stereocenters. The van der Waals surface area contributed by atoms with Crippen molar-refractivity contribution in [3.63, 3.8) is 0 Å². The van der Waals surface area contributed by atoms with E-state index in [4.69, 9.17) is 9.73 Å². The van der Waals surface area contributed by atoms with Gasteiger partial charge in [0, 0.05) is 36.3 Å². The van der Waals surface area contributed by atoms with Crippen LogP contribution in [0.1, 0.15) is 89.7 Å². The molecule has 0 amide bonds. The van der Waals surface area contributed by atoms with Gasteiger partial charge in [-0.15, -0.1) is 0 Å². The molecule has 2 bridgehead atoms. The number of aliphatic carboxylic acids is 1. The van der Waals surface area contributed by atoms with E-state index in [1.807, 2.05) is 19.1 Å². The molecule has 0 aromatic heterocycles. The molecule has 7 rings (SSSR count). The van der Waals surface area contributed by atoms with E-state index in [1.54, 1.807) is 0 Å². The third-order valence-electron chi connectivity index (χ3n) is 11.0. The Morgan fingerprint density at radius 2 is 1.83 bits per heavy atom. The largest absolute Gasteiger partial charge is 0.493 e. The molecule has 226 valence electrons. The molecule has 1 heterocycles. The number of hydrogen-bond acceptors (Lipinski definition) is 4. The highest BCUT2D eigenvalue weighted by molar-refractivity contribution is 5.92. The number of halogens is 1. The molecule has 42 heavy (non-hydrogen) atoms. The minimum absolute atomic E-state index is 0.121. The highest BCUT2D eigenvalue weighted by Crippen LogP contribution is 2.58. The molecule has 0 saturated heterocycles. The third-order valence-corrected chi connectivity index (χ3v) is 11.0. The standard InChI is InChI=1S/C36H47FN2O3/c1-4-24(3)18-27-19-25(20-31(42-5-2)33(27)26-6-8-29(37)9-7-26)22-39-17-10-32(38-30-21-28(30)23-39)35-11-14-36(15-12-35,16-13-35)34(40)41/h6-9,19-20,24,28,30H,4-5,10-18,21-23H2,1-3H3,(H,40,41). The zero-order valence-corrected chi connectivity index (χ0v) is 25.6. The van der Waals surface area contributed by atoms with Crippen molar-refractivity contribution in [1.82, 2.24) is 4.90 Å². The summed E-state index contributed by atoms with van der Waals surface area (Å²) < 4.78 is 20.1. The van der Waals surface area contributed by atoms with Crippen LogP contribution < -0.4 is 4.74 Å². The molecule has 4 fully saturated rings. The quantitative estimate of drug-likeness (QED) is 0.313. The summed E-state index contributed by atoms with van der Waals surface area (Å²) in [4.78, 5) is 20.0. The minimum atomic E-state index is -0.589. The predicted molar refractivity (Wildman–Crippen MR) is 166 cm³/mol. The summed E-state index contributed by atoms with van der Waals surface area (Å²) in [7, 11) is 0. The van der Waals surface area contributed by atoms with E-state index < -0.39 is 11.4 Å². The van der Waals surface area contributed by atoms with Crippen molar-refractivity contribution in [2.75, 3.05) is 19.7 Å². The zero-order chi connectivity index (χ0) is 29.5. The molecule has 0 spiro atoms. The number of rotatable bonds is 10. The van der Waals surface area contributed by atoms with Gasteiger partial charge in [-0.25, -0.2) is 4.39 Å². The average Bonchev–Trinajstić information content (AvgIpc) is 3.71. The molecule has 4 aliphatic carbocycles. The number of carbonyl (C=O) groups is 1. The molecule has 5 aliphatic rings. The first-order chi connectivity index (χ1) is 20.2. The summed E-state index contributed by atoms with van der Waals surface area (Å²) in [6.07, 6.45) is 9.57. The highest BCUT2D eigenvalue weighted by Gasteiger charge is 2.55. The number of carboxylic acids is 1. The summed E-state index contributed by atoms with van der Waals surface area (Å²) >= 11 is 0. The van der Waals surface area contributed by atoms with Crippen molar-refractivity contribution in [3.05, 3.63) is 53.3 Å². The lowest BCUT2D eigenvalue weighted by Crippen LogP contribution is -2.50. The first-order valence-corrected chi connectivity index (χ1v) is 16.3. The van der Waals surface area contributed by atoms with Gasteiger partial charge in [-0.05, 0) is 111 Å². The Balaban J connectivity index is 1.25. The maximum absolute atomic E-state index is 13.8. The lowest BCUT2D eigenvalue weighted by Gasteiger charge is -2.52. The molecule has 5 nitrogen and oxygen atoms in total. The van der Waals surface area contributed by atoms with E-state index in [2.05, 4.69) is 30.9 Å². The van der Waals surface area contributed by atoms with E-state index >= 15 is 0 Å². The normalized spacial score (nSPS) is 29.7. The Kier molecular flexibility index (Phi) is 8.21. The van der Waals surface area contributed by atoms with E-state index in [1.165, 1.54) is 35.4 Å². The van der Waals surface area contributed by atoms with Crippen molar-refractivity contribution < 1.29 is 19.0 Å². The van der Waals surface area contributed by atoms with Gasteiger partial charge in [0.2, 0.25) is 0 Å². The van der Waals surface area contributed by atoms with Crippen molar-refractivity contribution in [1.29, 1.82) is 0 Å². The second-order valence-electron chi connectivity index (χ2n) is 13.8. The molecular weight excluding hydrogens is 527 g/mol. The minimum Gasteiger partial charge on any atom is -0.493 e. The fourth-order valence-corrected chi connectivity index (χ4v) is 8.00. The van der Waals surface area contributed by atoms with Gasteiger partial charge in [-0.2, -0.15) is 0 Å². The van der Waals surface area contributed by atoms with Crippen LogP contribution in [-0.2, 0) is 17.8 Å². The number of carboxylic acid groups (broad SMARTS) is 1. The van der Waals surface area contributed by atoms with Crippen LogP contribution in [0.25, 0.3) is 11.1 Å². The Labute approximate surface area is 250 Å². The molecule has 6 heteroatoms. The molecular formula is C36H47FN2O3. The van der Waals surface area contributed by atoms with Gasteiger partial charge in [0.05, 0.1) is 18.1 Å².